The molecule has 1 atom stereocenters. The fourth-order valence-electron chi connectivity index (χ4n) is 1.17. The van der Waals surface area contributed by atoms with Crippen molar-refractivity contribution in [1.82, 2.24) is 5.32 Å². The first-order valence-corrected chi connectivity index (χ1v) is 5.17. The molecule has 0 aromatic carbocycles. The van der Waals surface area contributed by atoms with Crippen LogP contribution >= 0.6 is 0 Å². The van der Waals surface area contributed by atoms with Crippen LogP contribution < -0.4 is 11.1 Å². The van der Waals surface area contributed by atoms with Gasteiger partial charge in [0, 0.05) is 19.0 Å². The third kappa shape index (κ3) is 9.26. The van der Waals surface area contributed by atoms with Crippen LogP contribution in [0.15, 0.2) is 11.6 Å². The molecule has 0 spiro atoms. The quantitative estimate of drug-likeness (QED) is 0.610. The summed E-state index contributed by atoms with van der Waals surface area (Å²) in [4.78, 5) is 10.5. The molecule has 82 valence electrons. The highest BCUT2D eigenvalue weighted by Gasteiger charge is 2.00. The van der Waals surface area contributed by atoms with E-state index in [1.165, 1.54) is 5.57 Å². The van der Waals surface area contributed by atoms with Crippen LogP contribution in [-0.4, -0.2) is 18.5 Å². The van der Waals surface area contributed by atoms with E-state index in [9.17, 15) is 4.79 Å². The number of amides is 1. The van der Waals surface area contributed by atoms with Gasteiger partial charge in [0.1, 0.15) is 0 Å². The maximum absolute atomic E-state index is 10.5. The Kier molecular flexibility index (Phi) is 7.11. The molecule has 3 N–H and O–H groups in total. The lowest BCUT2D eigenvalue weighted by Crippen LogP contribution is -2.29. The molecule has 0 saturated heterocycles. The van der Waals surface area contributed by atoms with Gasteiger partial charge in [-0.2, -0.15) is 0 Å². The molecule has 1 unspecified atom stereocenters. The van der Waals surface area contributed by atoms with Crippen LogP contribution in [0, 0.1) is 0 Å². The summed E-state index contributed by atoms with van der Waals surface area (Å²) in [6.45, 7) is 7.02. The Morgan fingerprint density at radius 1 is 1.50 bits per heavy atom. The number of carbonyl (C=O) groups excluding carboxylic acids is 1. The summed E-state index contributed by atoms with van der Waals surface area (Å²) in [5, 5.41) is 3.26. The predicted molar refractivity (Wildman–Crippen MR) is 59.9 cm³/mol. The number of primary amides is 1. The first-order chi connectivity index (χ1) is 6.52. The van der Waals surface area contributed by atoms with E-state index in [1.807, 2.05) is 0 Å². The second kappa shape index (κ2) is 7.56. The van der Waals surface area contributed by atoms with E-state index in [2.05, 4.69) is 32.2 Å². The van der Waals surface area contributed by atoms with Crippen molar-refractivity contribution < 1.29 is 4.79 Å². The summed E-state index contributed by atoms with van der Waals surface area (Å²) in [5.74, 6) is -0.242. The lowest BCUT2D eigenvalue weighted by molar-refractivity contribution is -0.117. The van der Waals surface area contributed by atoms with Crippen molar-refractivity contribution in [1.29, 1.82) is 0 Å². The van der Waals surface area contributed by atoms with E-state index in [0.29, 0.717) is 19.0 Å². The van der Waals surface area contributed by atoms with Crippen molar-refractivity contribution in [2.75, 3.05) is 6.54 Å². The lowest BCUT2D eigenvalue weighted by atomic mass is 10.1. The maximum atomic E-state index is 10.5. The molecule has 0 aliphatic heterocycles. The molecule has 0 fully saturated rings. The summed E-state index contributed by atoms with van der Waals surface area (Å²) >= 11 is 0. The second-order valence-electron chi connectivity index (χ2n) is 3.93. The number of carbonyl (C=O) groups is 1. The van der Waals surface area contributed by atoms with E-state index in [-0.39, 0.29) is 5.91 Å². The Morgan fingerprint density at radius 3 is 2.64 bits per heavy atom. The topological polar surface area (TPSA) is 55.1 Å². The van der Waals surface area contributed by atoms with Gasteiger partial charge in [-0.05, 0) is 33.6 Å². The summed E-state index contributed by atoms with van der Waals surface area (Å²) in [7, 11) is 0. The average molecular weight is 198 g/mol. The van der Waals surface area contributed by atoms with E-state index in [0.717, 1.165) is 12.8 Å². The maximum Gasteiger partial charge on any atom is 0.218 e. The van der Waals surface area contributed by atoms with Crippen molar-refractivity contribution in [2.24, 2.45) is 5.73 Å². The average Bonchev–Trinajstić information content (AvgIpc) is 2.02. The monoisotopic (exact) mass is 198 g/mol. The number of allylic oxidation sites excluding steroid dienone is 2. The Bertz CT molecular complexity index is 195. The molecular weight excluding hydrogens is 176 g/mol. The van der Waals surface area contributed by atoms with Gasteiger partial charge >= 0.3 is 0 Å². The van der Waals surface area contributed by atoms with E-state index >= 15 is 0 Å². The Morgan fingerprint density at radius 2 is 2.14 bits per heavy atom. The Labute approximate surface area is 86.8 Å². The number of hydrogen-bond donors (Lipinski definition) is 2. The number of nitrogens with one attached hydrogen (secondary N) is 1. The molecule has 14 heavy (non-hydrogen) atoms. The van der Waals surface area contributed by atoms with Gasteiger partial charge in [0.05, 0.1) is 0 Å². The zero-order chi connectivity index (χ0) is 11.0. The highest BCUT2D eigenvalue weighted by molar-refractivity contribution is 5.73. The van der Waals surface area contributed by atoms with E-state index in [4.69, 9.17) is 5.73 Å². The molecule has 0 aromatic rings. The van der Waals surface area contributed by atoms with Crippen LogP contribution in [0.2, 0.25) is 0 Å². The molecule has 0 heterocycles. The molecule has 0 aliphatic carbocycles. The van der Waals surface area contributed by atoms with Gasteiger partial charge in [0.15, 0.2) is 0 Å². The van der Waals surface area contributed by atoms with Crippen molar-refractivity contribution in [2.45, 2.75) is 46.1 Å². The van der Waals surface area contributed by atoms with Crippen LogP contribution in [-0.2, 0) is 4.79 Å². The minimum Gasteiger partial charge on any atom is -0.370 e. The van der Waals surface area contributed by atoms with Crippen molar-refractivity contribution in [3.05, 3.63) is 11.6 Å². The SMILES string of the molecule is CC(C)=CCCC(C)NCCC(N)=O. The predicted octanol–water partition coefficient (Wildman–Crippen LogP) is 1.59. The minimum absolute atomic E-state index is 0.242. The molecule has 0 saturated carbocycles. The van der Waals surface area contributed by atoms with Crippen molar-refractivity contribution in [3.63, 3.8) is 0 Å². The molecular formula is C11H22N2O. The molecule has 3 heteroatoms. The van der Waals surface area contributed by atoms with Gasteiger partial charge in [-0.25, -0.2) is 0 Å². The van der Waals surface area contributed by atoms with Gasteiger partial charge in [0.25, 0.3) is 0 Å². The van der Waals surface area contributed by atoms with Crippen LogP contribution in [0.3, 0.4) is 0 Å². The third-order valence-electron chi connectivity index (χ3n) is 2.02. The molecule has 1 amide bonds. The lowest BCUT2D eigenvalue weighted by Gasteiger charge is -2.11. The highest BCUT2D eigenvalue weighted by atomic mass is 16.1. The highest BCUT2D eigenvalue weighted by Crippen LogP contribution is 2.00. The van der Waals surface area contributed by atoms with Gasteiger partial charge in [-0.1, -0.05) is 11.6 Å². The second-order valence-corrected chi connectivity index (χ2v) is 3.93. The van der Waals surface area contributed by atoms with Crippen molar-refractivity contribution >= 4 is 5.91 Å². The Balaban J connectivity index is 3.41. The van der Waals surface area contributed by atoms with Crippen LogP contribution in [0.25, 0.3) is 0 Å². The molecule has 0 bridgehead atoms. The standard InChI is InChI=1S/C11H22N2O/c1-9(2)5-4-6-10(3)13-8-7-11(12)14/h5,10,13H,4,6-8H2,1-3H3,(H2,12,14). The summed E-state index contributed by atoms with van der Waals surface area (Å²) in [6, 6.07) is 0.449. The largest absolute Gasteiger partial charge is 0.370 e. The smallest absolute Gasteiger partial charge is 0.218 e. The summed E-state index contributed by atoms with van der Waals surface area (Å²) in [5.41, 5.74) is 6.39. The third-order valence-corrected chi connectivity index (χ3v) is 2.02. The first kappa shape index (κ1) is 13.2. The van der Waals surface area contributed by atoms with Gasteiger partial charge < -0.3 is 11.1 Å². The number of rotatable bonds is 7. The summed E-state index contributed by atoms with van der Waals surface area (Å²) < 4.78 is 0. The first-order valence-electron chi connectivity index (χ1n) is 5.17. The number of hydrogen-bond acceptors (Lipinski definition) is 2. The molecule has 0 rings (SSSR count). The number of nitrogens with two attached hydrogens (primary N) is 1. The molecule has 3 nitrogen and oxygen atoms in total. The zero-order valence-electron chi connectivity index (χ0n) is 9.47. The molecule has 0 radical (unpaired) electrons. The van der Waals surface area contributed by atoms with Crippen LogP contribution in [0.5, 0.6) is 0 Å². The Hall–Kier alpha value is -0.830. The summed E-state index contributed by atoms with van der Waals surface area (Å²) in [6.07, 6.45) is 4.84. The van der Waals surface area contributed by atoms with Crippen LogP contribution in [0.1, 0.15) is 40.0 Å². The molecule has 0 aliphatic rings. The normalized spacial score (nSPS) is 12.2. The molecule has 0 aromatic heterocycles. The fourth-order valence-corrected chi connectivity index (χ4v) is 1.17. The van der Waals surface area contributed by atoms with Gasteiger partial charge in [-0.15, -0.1) is 0 Å². The van der Waals surface area contributed by atoms with Crippen molar-refractivity contribution in [3.8, 4) is 0 Å². The van der Waals surface area contributed by atoms with Gasteiger partial charge in [0.2, 0.25) is 5.91 Å². The fraction of sp³-hybridized carbons (Fsp3) is 0.727. The zero-order valence-corrected chi connectivity index (χ0v) is 9.47. The van der Waals surface area contributed by atoms with E-state index in [1.54, 1.807) is 0 Å². The minimum atomic E-state index is -0.242. The van der Waals surface area contributed by atoms with E-state index < -0.39 is 0 Å². The van der Waals surface area contributed by atoms with Gasteiger partial charge in [-0.3, -0.25) is 4.79 Å². The van der Waals surface area contributed by atoms with Crippen LogP contribution in [0.4, 0.5) is 0 Å².